The molecule has 0 aromatic carbocycles. The van der Waals surface area contributed by atoms with Gasteiger partial charge in [-0.05, 0) is 25.0 Å². The zero-order valence-corrected chi connectivity index (χ0v) is 9.36. The van der Waals surface area contributed by atoms with Gasteiger partial charge < -0.3 is 4.98 Å². The number of hydrogen-bond acceptors (Lipinski definition) is 0. The van der Waals surface area contributed by atoms with E-state index >= 15 is 0 Å². The van der Waals surface area contributed by atoms with Gasteiger partial charge in [-0.3, -0.25) is 0 Å². The zero-order chi connectivity index (χ0) is 9.98. The number of aromatic amines is 1. The van der Waals surface area contributed by atoms with Crippen LogP contribution in [0.3, 0.4) is 0 Å². The molecule has 1 aromatic rings. The summed E-state index contributed by atoms with van der Waals surface area (Å²) in [6.45, 7) is 12.2. The summed E-state index contributed by atoms with van der Waals surface area (Å²) in [6, 6.07) is 2.17. The predicted molar refractivity (Wildman–Crippen MR) is 57.6 cm³/mol. The lowest BCUT2D eigenvalue weighted by atomic mass is 10.2. The summed E-state index contributed by atoms with van der Waals surface area (Å²) in [5.41, 5.74) is 2.64. The molecule has 0 unspecified atom stereocenters. The molecular formula is C11H23N. The molecule has 0 atom stereocenters. The smallest absolute Gasteiger partial charge is 0.0118 e. The maximum Gasteiger partial charge on any atom is 0.0118 e. The van der Waals surface area contributed by atoms with Crippen molar-refractivity contribution in [3.05, 3.63) is 23.5 Å². The van der Waals surface area contributed by atoms with Crippen molar-refractivity contribution in [3.63, 3.8) is 0 Å². The normalized spacial score (nSPS) is 7.50. The van der Waals surface area contributed by atoms with Gasteiger partial charge in [0.25, 0.3) is 0 Å². The van der Waals surface area contributed by atoms with E-state index in [0.29, 0.717) is 0 Å². The molecule has 0 aliphatic rings. The van der Waals surface area contributed by atoms with Crippen molar-refractivity contribution in [2.24, 2.45) is 0 Å². The predicted octanol–water partition coefficient (Wildman–Crippen LogP) is 3.94. The molecule has 0 saturated heterocycles. The summed E-state index contributed by atoms with van der Waals surface area (Å²) < 4.78 is 0. The SMILES string of the molecule is CC.CC.CCc1c[nH]c(C)c1. The molecule has 1 heteroatoms. The summed E-state index contributed by atoms with van der Waals surface area (Å²) in [5, 5.41) is 0. The van der Waals surface area contributed by atoms with E-state index in [9.17, 15) is 0 Å². The van der Waals surface area contributed by atoms with Gasteiger partial charge in [0.15, 0.2) is 0 Å². The van der Waals surface area contributed by atoms with Crippen LogP contribution < -0.4 is 0 Å². The molecule has 1 nitrogen and oxygen atoms in total. The van der Waals surface area contributed by atoms with Gasteiger partial charge in [-0.1, -0.05) is 34.6 Å². The Morgan fingerprint density at radius 2 is 1.67 bits per heavy atom. The molecule has 0 bridgehead atoms. The molecule has 0 aliphatic carbocycles. The number of aryl methyl sites for hydroxylation is 2. The van der Waals surface area contributed by atoms with Gasteiger partial charge in [0.1, 0.15) is 0 Å². The van der Waals surface area contributed by atoms with E-state index < -0.39 is 0 Å². The molecule has 0 amide bonds. The van der Waals surface area contributed by atoms with Crippen LogP contribution >= 0.6 is 0 Å². The van der Waals surface area contributed by atoms with Crippen LogP contribution in [0.4, 0.5) is 0 Å². The zero-order valence-electron chi connectivity index (χ0n) is 9.36. The second-order valence-corrected chi connectivity index (χ2v) is 2.04. The van der Waals surface area contributed by atoms with E-state index in [1.54, 1.807) is 0 Å². The monoisotopic (exact) mass is 169 g/mol. The minimum Gasteiger partial charge on any atom is -0.365 e. The van der Waals surface area contributed by atoms with Crippen molar-refractivity contribution in [1.82, 2.24) is 4.98 Å². The van der Waals surface area contributed by atoms with Crippen molar-refractivity contribution >= 4 is 0 Å². The van der Waals surface area contributed by atoms with Crippen LogP contribution in [0.5, 0.6) is 0 Å². The average molecular weight is 169 g/mol. The van der Waals surface area contributed by atoms with Crippen molar-refractivity contribution < 1.29 is 0 Å². The molecule has 0 saturated carbocycles. The maximum atomic E-state index is 3.12. The fourth-order valence-corrected chi connectivity index (χ4v) is 0.772. The summed E-state index contributed by atoms with van der Waals surface area (Å²) in [7, 11) is 0. The lowest BCUT2D eigenvalue weighted by Gasteiger charge is -1.79. The van der Waals surface area contributed by atoms with Crippen LogP contribution in [0.25, 0.3) is 0 Å². The van der Waals surface area contributed by atoms with E-state index in [1.807, 2.05) is 27.7 Å². The molecule has 0 spiro atoms. The van der Waals surface area contributed by atoms with E-state index in [4.69, 9.17) is 0 Å². The van der Waals surface area contributed by atoms with Crippen LogP contribution in [-0.2, 0) is 6.42 Å². The van der Waals surface area contributed by atoms with Crippen LogP contribution in [-0.4, -0.2) is 4.98 Å². The Balaban J connectivity index is 0. The largest absolute Gasteiger partial charge is 0.365 e. The van der Waals surface area contributed by atoms with E-state index in [1.165, 1.54) is 11.3 Å². The van der Waals surface area contributed by atoms with Gasteiger partial charge >= 0.3 is 0 Å². The minimum atomic E-state index is 1.13. The summed E-state index contributed by atoms with van der Waals surface area (Å²) in [5.74, 6) is 0. The molecule has 0 fully saturated rings. The van der Waals surface area contributed by atoms with Crippen molar-refractivity contribution in [1.29, 1.82) is 0 Å². The third kappa shape index (κ3) is 6.02. The Kier molecular flexibility index (Phi) is 11.9. The van der Waals surface area contributed by atoms with E-state index in [0.717, 1.165) is 6.42 Å². The molecule has 72 valence electrons. The molecule has 12 heavy (non-hydrogen) atoms. The van der Waals surface area contributed by atoms with Gasteiger partial charge in [0.2, 0.25) is 0 Å². The molecule has 0 aliphatic heterocycles. The highest BCUT2D eigenvalue weighted by atomic mass is 14.7. The molecule has 1 aromatic heterocycles. The molecule has 1 rings (SSSR count). The van der Waals surface area contributed by atoms with Crippen LogP contribution in [0.15, 0.2) is 12.3 Å². The lowest BCUT2D eigenvalue weighted by Crippen LogP contribution is -1.67. The Bertz CT molecular complexity index is 165. The van der Waals surface area contributed by atoms with E-state index in [2.05, 4.69) is 31.1 Å². The Morgan fingerprint density at radius 3 is 1.83 bits per heavy atom. The van der Waals surface area contributed by atoms with Crippen molar-refractivity contribution in [3.8, 4) is 0 Å². The number of rotatable bonds is 1. The summed E-state index contributed by atoms with van der Waals surface area (Å²) in [6.07, 6.45) is 3.18. The van der Waals surface area contributed by atoms with Gasteiger partial charge in [-0.2, -0.15) is 0 Å². The first-order chi connectivity index (χ1) is 5.83. The third-order valence-electron chi connectivity index (χ3n) is 1.30. The maximum absolute atomic E-state index is 3.12. The first-order valence-electron chi connectivity index (χ1n) is 4.97. The number of hydrogen-bond donors (Lipinski definition) is 1. The Morgan fingerprint density at radius 1 is 1.17 bits per heavy atom. The number of H-pyrrole nitrogens is 1. The van der Waals surface area contributed by atoms with Crippen LogP contribution in [0.2, 0.25) is 0 Å². The first-order valence-corrected chi connectivity index (χ1v) is 4.97. The second kappa shape index (κ2) is 10.3. The first kappa shape index (κ1) is 13.8. The molecular weight excluding hydrogens is 146 g/mol. The van der Waals surface area contributed by atoms with E-state index in [-0.39, 0.29) is 0 Å². The fourth-order valence-electron chi connectivity index (χ4n) is 0.772. The summed E-state index contributed by atoms with van der Waals surface area (Å²) in [4.78, 5) is 3.12. The van der Waals surface area contributed by atoms with Crippen molar-refractivity contribution in [2.75, 3.05) is 0 Å². The number of aromatic nitrogens is 1. The van der Waals surface area contributed by atoms with Gasteiger partial charge in [-0.25, -0.2) is 0 Å². The average Bonchev–Trinajstić information content (AvgIpc) is 2.58. The standard InChI is InChI=1S/C7H11N.2C2H6/c1-3-7-4-6(2)8-5-7;2*1-2/h4-5,8H,3H2,1-2H3;2*1-2H3. The fraction of sp³-hybridized carbons (Fsp3) is 0.636. The molecule has 1 N–H and O–H groups in total. The highest BCUT2D eigenvalue weighted by Gasteiger charge is 1.88. The van der Waals surface area contributed by atoms with Gasteiger partial charge in [0.05, 0.1) is 0 Å². The number of nitrogens with one attached hydrogen (secondary N) is 1. The van der Waals surface area contributed by atoms with Crippen molar-refractivity contribution in [2.45, 2.75) is 48.0 Å². The Hall–Kier alpha value is -0.720. The molecule has 0 radical (unpaired) electrons. The topological polar surface area (TPSA) is 15.8 Å². The Labute approximate surface area is 77.2 Å². The molecule has 1 heterocycles. The third-order valence-corrected chi connectivity index (χ3v) is 1.30. The second-order valence-electron chi connectivity index (χ2n) is 2.04. The highest BCUT2D eigenvalue weighted by Crippen LogP contribution is 2.00. The highest BCUT2D eigenvalue weighted by molar-refractivity contribution is 5.14. The minimum absolute atomic E-state index is 1.13. The lowest BCUT2D eigenvalue weighted by molar-refractivity contribution is 1.14. The quantitative estimate of drug-likeness (QED) is 0.655. The van der Waals surface area contributed by atoms with Gasteiger partial charge in [0, 0.05) is 11.9 Å². The summed E-state index contributed by atoms with van der Waals surface area (Å²) >= 11 is 0. The van der Waals surface area contributed by atoms with Crippen LogP contribution in [0.1, 0.15) is 45.9 Å². The van der Waals surface area contributed by atoms with Gasteiger partial charge in [-0.15, -0.1) is 0 Å². The van der Waals surface area contributed by atoms with Crippen LogP contribution in [0, 0.1) is 6.92 Å².